The van der Waals surface area contributed by atoms with Gasteiger partial charge in [0.05, 0.1) is 17.7 Å². The molecule has 1 aromatic rings. The van der Waals surface area contributed by atoms with Crippen LogP contribution in [0.2, 0.25) is 5.02 Å². The zero-order chi connectivity index (χ0) is 11.3. The summed E-state index contributed by atoms with van der Waals surface area (Å²) in [5.74, 6) is -0.429. The lowest BCUT2D eigenvalue weighted by Crippen LogP contribution is -2.17. The minimum absolute atomic E-state index is 0.0958. The Hall–Kier alpha value is -0.640. The molecule has 4 heteroatoms. The van der Waals surface area contributed by atoms with Gasteiger partial charge >= 0.3 is 0 Å². The van der Waals surface area contributed by atoms with Gasteiger partial charge < -0.3 is 10.5 Å². The van der Waals surface area contributed by atoms with Crippen LogP contribution in [0.15, 0.2) is 18.2 Å². The molecule has 0 spiro atoms. The van der Waals surface area contributed by atoms with Gasteiger partial charge in [0.2, 0.25) is 0 Å². The van der Waals surface area contributed by atoms with Crippen molar-refractivity contribution in [2.24, 2.45) is 5.73 Å². The van der Waals surface area contributed by atoms with E-state index in [2.05, 4.69) is 0 Å². The van der Waals surface area contributed by atoms with Crippen molar-refractivity contribution in [3.8, 4) is 0 Å². The summed E-state index contributed by atoms with van der Waals surface area (Å²) < 4.78 is 18.2. The van der Waals surface area contributed by atoms with Gasteiger partial charge in [-0.2, -0.15) is 0 Å². The Balaban J connectivity index is 2.57. The molecule has 0 bridgehead atoms. The van der Waals surface area contributed by atoms with Crippen LogP contribution >= 0.6 is 11.6 Å². The molecule has 0 aliphatic carbocycles. The van der Waals surface area contributed by atoms with E-state index in [1.165, 1.54) is 12.1 Å². The van der Waals surface area contributed by atoms with E-state index < -0.39 is 5.82 Å². The lowest BCUT2D eigenvalue weighted by molar-refractivity contribution is 0.121. The summed E-state index contributed by atoms with van der Waals surface area (Å²) in [5, 5.41) is 0.0958. The molecule has 0 aliphatic heterocycles. The topological polar surface area (TPSA) is 35.2 Å². The molecule has 0 amide bonds. The summed E-state index contributed by atoms with van der Waals surface area (Å²) in [7, 11) is 0. The molecule has 15 heavy (non-hydrogen) atoms. The minimum atomic E-state index is -0.429. The van der Waals surface area contributed by atoms with Crippen molar-refractivity contribution < 1.29 is 9.13 Å². The van der Waals surface area contributed by atoms with Gasteiger partial charge in [-0.15, -0.1) is 0 Å². The number of halogens is 2. The Morgan fingerprint density at radius 2 is 2.27 bits per heavy atom. The van der Waals surface area contributed by atoms with Gasteiger partial charge in [-0.05, 0) is 24.1 Å². The van der Waals surface area contributed by atoms with Crippen LogP contribution in [0.3, 0.4) is 0 Å². The van der Waals surface area contributed by atoms with Gasteiger partial charge in [0, 0.05) is 6.61 Å². The van der Waals surface area contributed by atoms with Gasteiger partial charge in [-0.3, -0.25) is 0 Å². The fraction of sp³-hybridized carbons (Fsp3) is 0.455. The molecule has 2 N–H and O–H groups in total. The van der Waals surface area contributed by atoms with E-state index in [1.807, 2.05) is 6.92 Å². The van der Waals surface area contributed by atoms with Crippen LogP contribution in [0.1, 0.15) is 24.9 Å². The highest BCUT2D eigenvalue weighted by molar-refractivity contribution is 6.30. The molecule has 0 saturated carbocycles. The Morgan fingerprint density at radius 3 is 2.87 bits per heavy atom. The highest BCUT2D eigenvalue weighted by atomic mass is 35.5. The SMILES string of the molecule is CCCOCC(N)c1ccc(F)c(Cl)c1. The molecular formula is C11H15ClFNO. The van der Waals surface area contributed by atoms with E-state index in [4.69, 9.17) is 22.1 Å². The van der Waals surface area contributed by atoms with Crippen LogP contribution in [0.25, 0.3) is 0 Å². The van der Waals surface area contributed by atoms with Crippen molar-refractivity contribution in [1.82, 2.24) is 0 Å². The summed E-state index contributed by atoms with van der Waals surface area (Å²) in [6.45, 7) is 3.14. The summed E-state index contributed by atoms with van der Waals surface area (Å²) in [6, 6.07) is 4.23. The van der Waals surface area contributed by atoms with Gasteiger partial charge in [0.15, 0.2) is 0 Å². The fourth-order valence-corrected chi connectivity index (χ4v) is 1.38. The van der Waals surface area contributed by atoms with Gasteiger partial charge in [0.1, 0.15) is 5.82 Å². The molecule has 0 aromatic heterocycles. The third kappa shape index (κ3) is 3.78. The third-order valence-corrected chi connectivity index (χ3v) is 2.31. The standard InChI is InChI=1S/C11H15ClFNO/c1-2-5-15-7-11(14)8-3-4-10(13)9(12)6-8/h3-4,6,11H,2,5,7,14H2,1H3. The Labute approximate surface area is 94.2 Å². The van der Waals surface area contributed by atoms with Gasteiger partial charge in [0.25, 0.3) is 0 Å². The zero-order valence-electron chi connectivity index (χ0n) is 8.67. The number of hydrogen-bond donors (Lipinski definition) is 1. The highest BCUT2D eigenvalue weighted by Crippen LogP contribution is 2.19. The second-order valence-electron chi connectivity index (χ2n) is 3.35. The third-order valence-electron chi connectivity index (χ3n) is 2.02. The molecule has 1 unspecified atom stereocenters. The lowest BCUT2D eigenvalue weighted by atomic mass is 10.1. The highest BCUT2D eigenvalue weighted by Gasteiger charge is 2.08. The normalized spacial score (nSPS) is 12.8. The maximum atomic E-state index is 12.9. The molecule has 0 aliphatic rings. The van der Waals surface area contributed by atoms with Crippen molar-refractivity contribution in [3.63, 3.8) is 0 Å². The van der Waals surface area contributed by atoms with E-state index >= 15 is 0 Å². The average Bonchev–Trinajstić information content (AvgIpc) is 2.22. The molecule has 0 radical (unpaired) electrons. The van der Waals surface area contributed by atoms with Crippen LogP contribution in [-0.4, -0.2) is 13.2 Å². The van der Waals surface area contributed by atoms with Crippen molar-refractivity contribution in [2.75, 3.05) is 13.2 Å². The summed E-state index contributed by atoms with van der Waals surface area (Å²) in [5.41, 5.74) is 6.64. The molecular weight excluding hydrogens is 217 g/mol. The Morgan fingerprint density at radius 1 is 1.53 bits per heavy atom. The van der Waals surface area contributed by atoms with Crippen LogP contribution < -0.4 is 5.73 Å². The van der Waals surface area contributed by atoms with E-state index in [-0.39, 0.29) is 11.1 Å². The second kappa shape index (κ2) is 6.05. The van der Waals surface area contributed by atoms with Gasteiger partial charge in [-0.25, -0.2) is 4.39 Å². The van der Waals surface area contributed by atoms with Crippen LogP contribution in [0.4, 0.5) is 4.39 Å². The molecule has 0 saturated heterocycles. The number of nitrogens with two attached hydrogens (primary N) is 1. The van der Waals surface area contributed by atoms with E-state index in [9.17, 15) is 4.39 Å². The molecule has 1 rings (SSSR count). The zero-order valence-corrected chi connectivity index (χ0v) is 9.43. The van der Waals surface area contributed by atoms with Crippen molar-refractivity contribution in [2.45, 2.75) is 19.4 Å². The maximum Gasteiger partial charge on any atom is 0.141 e. The summed E-state index contributed by atoms with van der Waals surface area (Å²) >= 11 is 5.65. The Kier molecular flexibility index (Phi) is 5.02. The molecule has 1 atom stereocenters. The molecule has 0 fully saturated rings. The molecule has 84 valence electrons. The fourth-order valence-electron chi connectivity index (χ4n) is 1.19. The van der Waals surface area contributed by atoms with Crippen molar-refractivity contribution in [3.05, 3.63) is 34.6 Å². The summed E-state index contributed by atoms with van der Waals surface area (Å²) in [6.07, 6.45) is 0.955. The Bertz CT molecular complexity index is 319. The molecule has 1 aromatic carbocycles. The smallest absolute Gasteiger partial charge is 0.141 e. The molecule has 0 heterocycles. The first kappa shape index (κ1) is 12.4. The first-order valence-corrected chi connectivity index (χ1v) is 5.31. The van der Waals surface area contributed by atoms with E-state index in [0.717, 1.165) is 12.0 Å². The predicted octanol–water partition coefficient (Wildman–Crippen LogP) is 2.91. The number of ether oxygens (including phenoxy) is 1. The first-order chi connectivity index (χ1) is 7.15. The average molecular weight is 232 g/mol. The van der Waals surface area contributed by atoms with E-state index in [0.29, 0.717) is 13.2 Å². The van der Waals surface area contributed by atoms with Crippen molar-refractivity contribution in [1.29, 1.82) is 0 Å². The number of rotatable bonds is 5. The van der Waals surface area contributed by atoms with Crippen LogP contribution in [0.5, 0.6) is 0 Å². The van der Waals surface area contributed by atoms with Gasteiger partial charge in [-0.1, -0.05) is 24.6 Å². The predicted molar refractivity (Wildman–Crippen MR) is 59.4 cm³/mol. The van der Waals surface area contributed by atoms with Crippen LogP contribution in [0, 0.1) is 5.82 Å². The lowest BCUT2D eigenvalue weighted by Gasteiger charge is -2.12. The minimum Gasteiger partial charge on any atom is -0.379 e. The maximum absolute atomic E-state index is 12.9. The number of benzene rings is 1. The van der Waals surface area contributed by atoms with E-state index in [1.54, 1.807) is 6.07 Å². The van der Waals surface area contributed by atoms with Crippen molar-refractivity contribution >= 4 is 11.6 Å². The van der Waals surface area contributed by atoms with Crippen LogP contribution in [-0.2, 0) is 4.74 Å². The second-order valence-corrected chi connectivity index (χ2v) is 3.76. The quantitative estimate of drug-likeness (QED) is 0.791. The largest absolute Gasteiger partial charge is 0.379 e. The number of hydrogen-bond acceptors (Lipinski definition) is 2. The first-order valence-electron chi connectivity index (χ1n) is 4.93. The monoisotopic (exact) mass is 231 g/mol. The summed E-state index contributed by atoms with van der Waals surface area (Å²) in [4.78, 5) is 0. The molecule has 2 nitrogen and oxygen atoms in total.